The summed E-state index contributed by atoms with van der Waals surface area (Å²) in [6.45, 7) is 1.89. The molecule has 0 saturated carbocycles. The Morgan fingerprint density at radius 1 is 0.952 bits per heavy atom. The zero-order chi connectivity index (χ0) is 29.0. The summed E-state index contributed by atoms with van der Waals surface area (Å²) in [4.78, 5) is 34.5. The van der Waals surface area contributed by atoms with Crippen LogP contribution in [0, 0.1) is 6.92 Å². The zero-order valence-electron chi connectivity index (χ0n) is 22.4. The van der Waals surface area contributed by atoms with E-state index < -0.39 is 0 Å². The molecule has 12 heteroatoms. The molecular weight excluding hydrogens is 618 g/mol. The highest BCUT2D eigenvalue weighted by Gasteiger charge is 2.26. The average molecular weight is 641 g/mol. The number of aromatic amines is 1. The normalized spacial score (nSPS) is 11.6. The van der Waals surface area contributed by atoms with Crippen molar-refractivity contribution in [3.05, 3.63) is 116 Å². The summed E-state index contributed by atoms with van der Waals surface area (Å²) in [6.07, 6.45) is 0. The van der Waals surface area contributed by atoms with Gasteiger partial charge in [0.05, 0.1) is 17.1 Å². The van der Waals surface area contributed by atoms with Gasteiger partial charge in [-0.2, -0.15) is 0 Å². The first-order chi connectivity index (χ1) is 20.4. The van der Waals surface area contributed by atoms with Crippen molar-refractivity contribution in [3.63, 3.8) is 0 Å². The van der Waals surface area contributed by atoms with Crippen LogP contribution in [-0.2, 0) is 12.8 Å². The molecule has 7 rings (SSSR count). The number of halogens is 1. The lowest BCUT2D eigenvalue weighted by atomic mass is 10.2. The maximum atomic E-state index is 14.1. The summed E-state index contributed by atoms with van der Waals surface area (Å²) in [5, 5.41) is 10.3. The molecule has 42 heavy (non-hydrogen) atoms. The van der Waals surface area contributed by atoms with Crippen molar-refractivity contribution in [2.45, 2.75) is 17.8 Å². The maximum Gasteiger partial charge on any atom is 0.296 e. The van der Waals surface area contributed by atoms with Gasteiger partial charge in [-0.3, -0.25) is 18.8 Å². The first kappa shape index (κ1) is 26.2. The topological polar surface area (TPSA) is 117 Å². The van der Waals surface area contributed by atoms with Crippen LogP contribution in [0.2, 0.25) is 0 Å². The number of furan rings is 1. The Morgan fingerprint density at radius 3 is 2.50 bits per heavy atom. The van der Waals surface area contributed by atoms with Gasteiger partial charge >= 0.3 is 0 Å². The number of thioether (sulfide) groups is 1. The second-order valence-electron chi connectivity index (χ2n) is 9.61. The van der Waals surface area contributed by atoms with Crippen LogP contribution in [0.25, 0.3) is 44.8 Å². The van der Waals surface area contributed by atoms with Crippen LogP contribution in [0.5, 0.6) is 0 Å². The van der Waals surface area contributed by atoms with E-state index in [0.29, 0.717) is 33.6 Å². The van der Waals surface area contributed by atoms with Gasteiger partial charge in [0.1, 0.15) is 22.6 Å². The van der Waals surface area contributed by atoms with E-state index >= 15 is 0 Å². The van der Waals surface area contributed by atoms with Crippen LogP contribution < -0.4 is 11.1 Å². The van der Waals surface area contributed by atoms with E-state index in [4.69, 9.17) is 9.40 Å². The first-order valence-electron chi connectivity index (χ1n) is 13.0. The van der Waals surface area contributed by atoms with Gasteiger partial charge in [0, 0.05) is 22.5 Å². The van der Waals surface area contributed by atoms with Gasteiger partial charge in [0.2, 0.25) is 5.58 Å². The number of hydrogen-bond donors (Lipinski definition) is 1. The third-order valence-electron chi connectivity index (χ3n) is 7.11. The van der Waals surface area contributed by atoms with E-state index in [2.05, 4.69) is 31.1 Å². The quantitative estimate of drug-likeness (QED) is 0.230. The molecule has 0 atom stereocenters. The molecule has 4 heterocycles. The standard InChI is InChI=1S/C30H22BrN7O3S/c1-17-25(29(40)38(36(17)2)18-10-4-3-5-11-18)37-27(19-12-6-8-14-21(19)31)34-35-30(37)42-16-23-32-24-20-13-7-9-15-22(20)41-26(24)28(39)33-23/h3-15H,16H2,1-2H3,(H,32,33,39). The van der Waals surface area contributed by atoms with Gasteiger partial charge in [0.15, 0.2) is 11.0 Å². The van der Waals surface area contributed by atoms with Crippen molar-refractivity contribution in [1.29, 1.82) is 0 Å². The Morgan fingerprint density at radius 2 is 1.69 bits per heavy atom. The zero-order valence-corrected chi connectivity index (χ0v) is 24.8. The molecule has 0 fully saturated rings. The van der Waals surface area contributed by atoms with Crippen molar-refractivity contribution in [3.8, 4) is 22.8 Å². The van der Waals surface area contributed by atoms with Gasteiger partial charge in [-0.25, -0.2) is 9.67 Å². The van der Waals surface area contributed by atoms with Crippen LogP contribution >= 0.6 is 27.7 Å². The third-order valence-corrected chi connectivity index (χ3v) is 8.75. The number of fused-ring (bicyclic) bond motifs is 3. The summed E-state index contributed by atoms with van der Waals surface area (Å²) in [5.74, 6) is 1.23. The van der Waals surface area contributed by atoms with Gasteiger partial charge < -0.3 is 9.40 Å². The Hall–Kier alpha value is -4.68. The number of aromatic nitrogens is 7. The number of para-hydroxylation sites is 2. The fourth-order valence-electron chi connectivity index (χ4n) is 5.04. The molecule has 3 aromatic carbocycles. The van der Waals surface area contributed by atoms with Crippen molar-refractivity contribution in [2.75, 3.05) is 0 Å². The molecule has 0 bridgehead atoms. The minimum atomic E-state index is -0.355. The van der Waals surface area contributed by atoms with Crippen molar-refractivity contribution >= 4 is 49.8 Å². The molecule has 0 spiro atoms. The van der Waals surface area contributed by atoms with E-state index in [1.54, 1.807) is 15.3 Å². The largest absolute Gasteiger partial charge is 0.449 e. The second-order valence-corrected chi connectivity index (χ2v) is 11.4. The first-order valence-corrected chi connectivity index (χ1v) is 14.8. The highest BCUT2D eigenvalue weighted by atomic mass is 79.9. The highest BCUT2D eigenvalue weighted by molar-refractivity contribution is 9.10. The molecule has 10 nitrogen and oxygen atoms in total. The van der Waals surface area contributed by atoms with Crippen LogP contribution in [0.3, 0.4) is 0 Å². The minimum Gasteiger partial charge on any atom is -0.449 e. The maximum absolute atomic E-state index is 14.1. The smallest absolute Gasteiger partial charge is 0.296 e. The summed E-state index contributed by atoms with van der Waals surface area (Å²) in [6, 6.07) is 24.5. The number of nitrogens with zero attached hydrogens (tertiary/aromatic N) is 6. The second kappa shape index (κ2) is 10.3. The van der Waals surface area contributed by atoms with E-state index in [1.165, 1.54) is 11.8 Å². The molecule has 7 aromatic rings. The van der Waals surface area contributed by atoms with Crippen LogP contribution in [0.1, 0.15) is 11.5 Å². The van der Waals surface area contributed by atoms with Crippen molar-refractivity contribution < 1.29 is 4.42 Å². The van der Waals surface area contributed by atoms with E-state index in [9.17, 15) is 9.59 Å². The summed E-state index contributed by atoms with van der Waals surface area (Å²) in [5.41, 5.74) is 3.41. The molecule has 0 saturated heterocycles. The SMILES string of the molecule is Cc1c(-n2c(SCc3nc4c(oc5ccccc54)c(=O)[nH]3)nnc2-c2ccccc2Br)c(=O)n(-c2ccccc2)n1C. The summed E-state index contributed by atoms with van der Waals surface area (Å²) in [7, 11) is 1.85. The highest BCUT2D eigenvalue weighted by Crippen LogP contribution is 2.33. The number of rotatable bonds is 6. The molecule has 4 aromatic heterocycles. The Balaban J connectivity index is 1.37. The number of hydrogen-bond acceptors (Lipinski definition) is 7. The Bertz CT molecular complexity index is 2250. The van der Waals surface area contributed by atoms with Gasteiger partial charge in [-0.05, 0) is 37.3 Å². The Kier molecular flexibility index (Phi) is 6.43. The lowest BCUT2D eigenvalue weighted by molar-refractivity contribution is 0.630. The molecule has 0 amide bonds. The predicted molar refractivity (Wildman–Crippen MR) is 165 cm³/mol. The monoisotopic (exact) mass is 639 g/mol. The van der Waals surface area contributed by atoms with Gasteiger partial charge in [-0.1, -0.05) is 76.2 Å². The fraction of sp³-hybridized carbons (Fsp3) is 0.100. The predicted octanol–water partition coefficient (Wildman–Crippen LogP) is 5.77. The molecule has 0 unspecified atom stereocenters. The average Bonchev–Trinajstić information content (AvgIpc) is 3.65. The summed E-state index contributed by atoms with van der Waals surface area (Å²) >= 11 is 4.95. The molecule has 0 aliphatic carbocycles. The van der Waals surface area contributed by atoms with E-state index in [1.807, 2.05) is 91.4 Å². The lowest BCUT2D eigenvalue weighted by Gasteiger charge is -2.10. The van der Waals surface area contributed by atoms with Crippen LogP contribution in [-0.4, -0.2) is 34.1 Å². The molecule has 208 valence electrons. The molecule has 1 N–H and O–H groups in total. The lowest BCUT2D eigenvalue weighted by Crippen LogP contribution is -2.21. The van der Waals surface area contributed by atoms with Gasteiger partial charge in [-0.15, -0.1) is 10.2 Å². The molecule has 0 aliphatic heterocycles. The molecule has 0 radical (unpaired) electrons. The van der Waals surface area contributed by atoms with Crippen LogP contribution in [0.15, 0.2) is 102 Å². The Labute approximate surface area is 250 Å². The third kappa shape index (κ3) is 4.22. The molecular formula is C30H22BrN7O3S. The number of benzene rings is 3. The summed E-state index contributed by atoms with van der Waals surface area (Å²) < 4.78 is 11.8. The minimum absolute atomic E-state index is 0.186. The molecule has 0 aliphatic rings. The fourth-order valence-corrected chi connectivity index (χ4v) is 6.31. The number of nitrogens with one attached hydrogen (secondary N) is 1. The van der Waals surface area contributed by atoms with E-state index in [0.717, 1.165) is 26.8 Å². The van der Waals surface area contributed by atoms with Crippen LogP contribution in [0.4, 0.5) is 0 Å². The van der Waals surface area contributed by atoms with Gasteiger partial charge in [0.25, 0.3) is 11.1 Å². The van der Waals surface area contributed by atoms with Crippen molar-refractivity contribution in [1.82, 2.24) is 34.1 Å². The van der Waals surface area contributed by atoms with Crippen molar-refractivity contribution in [2.24, 2.45) is 7.05 Å². The number of H-pyrrole nitrogens is 1. The van der Waals surface area contributed by atoms with E-state index in [-0.39, 0.29) is 22.5 Å².